The summed E-state index contributed by atoms with van der Waals surface area (Å²) in [5.41, 5.74) is 2.68. The highest BCUT2D eigenvalue weighted by atomic mass is 35.5. The van der Waals surface area contributed by atoms with Crippen LogP contribution in [0.1, 0.15) is 32.1 Å². The lowest BCUT2D eigenvalue weighted by Gasteiger charge is -2.36. The molecule has 1 N–H and O–H groups in total. The molecule has 3 rings (SSSR count). The van der Waals surface area contributed by atoms with Crippen LogP contribution in [0.15, 0.2) is 35.9 Å². The summed E-state index contributed by atoms with van der Waals surface area (Å²) in [6, 6.07) is 7.97. The second-order valence-electron chi connectivity index (χ2n) is 6.54. The first-order chi connectivity index (χ1) is 11.7. The molecule has 2 aliphatic rings. The fourth-order valence-corrected chi connectivity index (χ4v) is 3.52. The summed E-state index contributed by atoms with van der Waals surface area (Å²) < 4.78 is 0. The first-order valence-electron chi connectivity index (χ1n) is 8.93. The Morgan fingerprint density at radius 2 is 1.83 bits per heavy atom. The van der Waals surface area contributed by atoms with E-state index in [0.717, 1.165) is 44.2 Å². The Morgan fingerprint density at radius 1 is 1.08 bits per heavy atom. The number of piperazine rings is 1. The molecule has 0 atom stereocenters. The maximum Gasteiger partial charge on any atom is 0.317 e. The molecule has 130 valence electrons. The summed E-state index contributed by atoms with van der Waals surface area (Å²) in [5.74, 6) is 0. The van der Waals surface area contributed by atoms with Gasteiger partial charge in [-0.1, -0.05) is 23.3 Å². The van der Waals surface area contributed by atoms with E-state index in [-0.39, 0.29) is 6.03 Å². The van der Waals surface area contributed by atoms with Crippen LogP contribution in [0.5, 0.6) is 0 Å². The molecule has 0 aromatic heterocycles. The van der Waals surface area contributed by atoms with Crippen molar-refractivity contribution in [2.75, 3.05) is 37.6 Å². The van der Waals surface area contributed by atoms with Gasteiger partial charge in [0.05, 0.1) is 0 Å². The monoisotopic (exact) mass is 347 g/mol. The molecule has 0 spiro atoms. The molecule has 1 aliphatic carbocycles. The number of nitrogens with one attached hydrogen (secondary N) is 1. The van der Waals surface area contributed by atoms with Gasteiger partial charge in [0.25, 0.3) is 0 Å². The van der Waals surface area contributed by atoms with E-state index in [0.29, 0.717) is 0 Å². The minimum Gasteiger partial charge on any atom is -0.368 e. The quantitative estimate of drug-likeness (QED) is 0.833. The Morgan fingerprint density at radius 3 is 2.50 bits per heavy atom. The highest BCUT2D eigenvalue weighted by Gasteiger charge is 2.21. The van der Waals surface area contributed by atoms with Gasteiger partial charge in [0, 0.05) is 43.4 Å². The van der Waals surface area contributed by atoms with Crippen LogP contribution in [-0.2, 0) is 0 Å². The number of amides is 2. The zero-order valence-corrected chi connectivity index (χ0v) is 14.9. The van der Waals surface area contributed by atoms with E-state index in [1.807, 2.05) is 29.2 Å². The Bertz CT molecular complexity index is 577. The Balaban J connectivity index is 1.40. The minimum absolute atomic E-state index is 0.0714. The van der Waals surface area contributed by atoms with Crippen molar-refractivity contribution in [3.05, 3.63) is 40.9 Å². The molecule has 24 heavy (non-hydrogen) atoms. The van der Waals surface area contributed by atoms with Gasteiger partial charge in [-0.15, -0.1) is 0 Å². The van der Waals surface area contributed by atoms with E-state index in [1.54, 1.807) is 0 Å². The van der Waals surface area contributed by atoms with Gasteiger partial charge >= 0.3 is 6.03 Å². The largest absolute Gasteiger partial charge is 0.368 e. The summed E-state index contributed by atoms with van der Waals surface area (Å²) in [6.45, 7) is 4.00. The van der Waals surface area contributed by atoms with Crippen molar-refractivity contribution in [2.45, 2.75) is 32.1 Å². The fourth-order valence-electron chi connectivity index (χ4n) is 3.39. The van der Waals surface area contributed by atoms with Crippen molar-refractivity contribution >= 4 is 23.3 Å². The minimum atomic E-state index is 0.0714. The van der Waals surface area contributed by atoms with Gasteiger partial charge in [-0.05, 0) is 56.4 Å². The topological polar surface area (TPSA) is 35.6 Å². The van der Waals surface area contributed by atoms with E-state index < -0.39 is 0 Å². The van der Waals surface area contributed by atoms with Crippen molar-refractivity contribution in [1.29, 1.82) is 0 Å². The van der Waals surface area contributed by atoms with Gasteiger partial charge in [0.15, 0.2) is 0 Å². The number of anilines is 1. The standard InChI is InChI=1S/C19H26ClN3O/c20-17-6-8-18(9-7-17)22-12-14-23(15-13-22)19(24)21-11-10-16-4-2-1-3-5-16/h4,6-9H,1-3,5,10-15H2,(H,21,24). The summed E-state index contributed by atoms with van der Waals surface area (Å²) in [5, 5.41) is 3.83. The predicted molar refractivity (Wildman–Crippen MR) is 99.8 cm³/mol. The molecular formula is C19H26ClN3O. The van der Waals surface area contributed by atoms with Crippen LogP contribution in [0, 0.1) is 0 Å². The second-order valence-corrected chi connectivity index (χ2v) is 6.98. The van der Waals surface area contributed by atoms with Crippen LogP contribution < -0.4 is 10.2 Å². The van der Waals surface area contributed by atoms with Gasteiger partial charge in [0.2, 0.25) is 0 Å². The average Bonchev–Trinajstić information content (AvgIpc) is 2.63. The van der Waals surface area contributed by atoms with Gasteiger partial charge in [-0.3, -0.25) is 0 Å². The number of halogens is 1. The first kappa shape index (κ1) is 17.2. The second kappa shape index (κ2) is 8.43. The van der Waals surface area contributed by atoms with Crippen molar-refractivity contribution in [1.82, 2.24) is 10.2 Å². The third-order valence-corrected chi connectivity index (χ3v) is 5.12. The lowest BCUT2D eigenvalue weighted by molar-refractivity contribution is 0.194. The number of hydrogen-bond acceptors (Lipinski definition) is 2. The molecule has 5 heteroatoms. The van der Waals surface area contributed by atoms with Gasteiger partial charge < -0.3 is 15.1 Å². The van der Waals surface area contributed by atoms with Crippen molar-refractivity contribution in [3.8, 4) is 0 Å². The number of hydrogen-bond donors (Lipinski definition) is 1. The van der Waals surface area contributed by atoms with Crippen LogP contribution in [0.4, 0.5) is 10.5 Å². The summed E-state index contributed by atoms with van der Waals surface area (Å²) in [6.07, 6.45) is 8.36. The van der Waals surface area contributed by atoms with E-state index >= 15 is 0 Å². The van der Waals surface area contributed by atoms with E-state index in [2.05, 4.69) is 16.3 Å². The van der Waals surface area contributed by atoms with Crippen molar-refractivity contribution in [2.24, 2.45) is 0 Å². The first-order valence-corrected chi connectivity index (χ1v) is 9.31. The fraction of sp³-hybridized carbons (Fsp3) is 0.526. The highest BCUT2D eigenvalue weighted by molar-refractivity contribution is 6.30. The smallest absolute Gasteiger partial charge is 0.317 e. The lowest BCUT2D eigenvalue weighted by Crippen LogP contribution is -2.52. The zero-order valence-electron chi connectivity index (χ0n) is 14.1. The van der Waals surface area contributed by atoms with E-state index in [9.17, 15) is 4.79 Å². The van der Waals surface area contributed by atoms with Crippen LogP contribution in [-0.4, -0.2) is 43.7 Å². The molecule has 1 fully saturated rings. The number of nitrogens with zero attached hydrogens (tertiary/aromatic N) is 2. The molecule has 0 bridgehead atoms. The van der Waals surface area contributed by atoms with Crippen molar-refractivity contribution in [3.63, 3.8) is 0 Å². The number of urea groups is 1. The van der Waals surface area contributed by atoms with Gasteiger partial charge in [-0.2, -0.15) is 0 Å². The summed E-state index contributed by atoms with van der Waals surface area (Å²) >= 11 is 5.94. The number of benzene rings is 1. The molecule has 1 aromatic rings. The Kier molecular flexibility index (Phi) is 6.02. The molecule has 0 saturated carbocycles. The molecule has 1 aromatic carbocycles. The van der Waals surface area contributed by atoms with Crippen LogP contribution >= 0.6 is 11.6 Å². The highest BCUT2D eigenvalue weighted by Crippen LogP contribution is 2.20. The number of carbonyl (C=O) groups is 1. The van der Waals surface area contributed by atoms with Crippen LogP contribution in [0.25, 0.3) is 0 Å². The molecule has 2 amide bonds. The molecule has 1 saturated heterocycles. The number of allylic oxidation sites excluding steroid dienone is 1. The maximum absolute atomic E-state index is 12.3. The lowest BCUT2D eigenvalue weighted by atomic mass is 9.97. The third-order valence-electron chi connectivity index (χ3n) is 4.87. The Hall–Kier alpha value is -1.68. The molecule has 1 heterocycles. The zero-order chi connectivity index (χ0) is 16.8. The van der Waals surface area contributed by atoms with E-state index in [1.165, 1.54) is 36.9 Å². The normalized spacial score (nSPS) is 18.3. The van der Waals surface area contributed by atoms with Crippen molar-refractivity contribution < 1.29 is 4.79 Å². The predicted octanol–water partition coefficient (Wildman–Crippen LogP) is 4.06. The molecular weight excluding hydrogens is 322 g/mol. The van der Waals surface area contributed by atoms with Crippen LogP contribution in [0.3, 0.4) is 0 Å². The molecule has 1 aliphatic heterocycles. The van der Waals surface area contributed by atoms with Gasteiger partial charge in [0.1, 0.15) is 0 Å². The third kappa shape index (κ3) is 4.67. The SMILES string of the molecule is O=C(NCCC1=CCCCC1)N1CCN(c2ccc(Cl)cc2)CC1. The molecule has 0 unspecified atom stereocenters. The maximum atomic E-state index is 12.3. The molecule has 4 nitrogen and oxygen atoms in total. The summed E-state index contributed by atoms with van der Waals surface area (Å²) in [7, 11) is 0. The van der Waals surface area contributed by atoms with Crippen LogP contribution in [0.2, 0.25) is 5.02 Å². The average molecular weight is 348 g/mol. The number of rotatable bonds is 4. The Labute approximate surface area is 149 Å². The van der Waals surface area contributed by atoms with E-state index in [4.69, 9.17) is 11.6 Å². The number of carbonyl (C=O) groups excluding carboxylic acids is 1. The van der Waals surface area contributed by atoms with Gasteiger partial charge in [-0.25, -0.2) is 4.79 Å². The molecule has 0 radical (unpaired) electrons. The summed E-state index contributed by atoms with van der Waals surface area (Å²) in [4.78, 5) is 16.5.